The summed E-state index contributed by atoms with van der Waals surface area (Å²) in [4.78, 5) is 5.09. The number of hydrogen-bond acceptors (Lipinski definition) is 5. The molecule has 1 fully saturated rings. The standard InChI is InChI=1S/C23H25N7/c1-2-5-19(29-15-3-11-26-29)17(4-1)16-25-22-18-6-8-23(9-13-24-14-10-23)21(18)28-20-7-12-27-30(20)22/h1-5,7,11-12,15,24-25H,6,8-10,13-14,16H2. The first kappa shape index (κ1) is 17.7. The molecular formula is C23H25N7. The molecule has 0 amide bonds. The molecular weight excluding hydrogens is 374 g/mol. The predicted octanol–water partition coefficient (Wildman–Crippen LogP) is 3.09. The molecule has 152 valence electrons. The van der Waals surface area contributed by atoms with Gasteiger partial charge >= 0.3 is 0 Å². The van der Waals surface area contributed by atoms with Crippen LogP contribution < -0.4 is 10.6 Å². The van der Waals surface area contributed by atoms with Crippen LogP contribution in [0.2, 0.25) is 0 Å². The van der Waals surface area contributed by atoms with Crippen LogP contribution in [0.3, 0.4) is 0 Å². The first-order chi connectivity index (χ1) is 14.8. The summed E-state index contributed by atoms with van der Waals surface area (Å²) in [6.45, 7) is 2.85. The van der Waals surface area contributed by atoms with E-state index < -0.39 is 0 Å². The van der Waals surface area contributed by atoms with E-state index in [1.54, 1.807) is 0 Å². The minimum absolute atomic E-state index is 0.218. The van der Waals surface area contributed by atoms with Crippen LogP contribution in [0, 0.1) is 0 Å². The van der Waals surface area contributed by atoms with Crippen molar-refractivity contribution in [3.8, 4) is 5.69 Å². The molecule has 3 aromatic heterocycles. The van der Waals surface area contributed by atoms with Crippen LogP contribution in [0.15, 0.2) is 55.0 Å². The lowest BCUT2D eigenvalue weighted by molar-refractivity contribution is 0.301. The summed E-state index contributed by atoms with van der Waals surface area (Å²) in [6, 6.07) is 12.3. The summed E-state index contributed by atoms with van der Waals surface area (Å²) < 4.78 is 3.89. The third kappa shape index (κ3) is 2.73. The third-order valence-electron chi connectivity index (χ3n) is 6.74. The number of benzene rings is 1. The van der Waals surface area contributed by atoms with Crippen LogP contribution >= 0.6 is 0 Å². The van der Waals surface area contributed by atoms with Crippen molar-refractivity contribution in [3.63, 3.8) is 0 Å². The van der Waals surface area contributed by atoms with E-state index >= 15 is 0 Å². The molecule has 1 aliphatic heterocycles. The number of fused-ring (bicyclic) bond motifs is 3. The van der Waals surface area contributed by atoms with Gasteiger partial charge < -0.3 is 10.6 Å². The number of rotatable bonds is 4. The number of nitrogens with one attached hydrogen (secondary N) is 2. The Balaban J connectivity index is 1.40. The molecule has 0 bridgehead atoms. The Morgan fingerprint density at radius 3 is 2.77 bits per heavy atom. The SMILES string of the molecule is c1ccc(-n2cccn2)c(CNc2c3c(nc4ccnn24)C2(CCNCC2)CC3)c1. The molecule has 2 aliphatic rings. The predicted molar refractivity (Wildman–Crippen MR) is 116 cm³/mol. The number of piperidine rings is 1. The van der Waals surface area contributed by atoms with Crippen LogP contribution in [0.1, 0.15) is 36.1 Å². The number of nitrogens with zero attached hydrogens (tertiary/aromatic N) is 5. The monoisotopic (exact) mass is 399 g/mol. The fourth-order valence-electron chi connectivity index (χ4n) is 5.18. The normalized spacial score (nSPS) is 17.5. The molecule has 7 heteroatoms. The molecule has 0 radical (unpaired) electrons. The molecule has 4 heterocycles. The molecule has 1 saturated heterocycles. The van der Waals surface area contributed by atoms with Gasteiger partial charge in [-0.25, -0.2) is 9.67 Å². The van der Waals surface area contributed by atoms with E-state index in [0.29, 0.717) is 6.54 Å². The highest BCUT2D eigenvalue weighted by Crippen LogP contribution is 2.46. The maximum absolute atomic E-state index is 5.09. The Hall–Kier alpha value is -3.19. The van der Waals surface area contributed by atoms with Crippen LogP contribution in [0.25, 0.3) is 11.3 Å². The average molecular weight is 400 g/mol. The van der Waals surface area contributed by atoms with Gasteiger partial charge in [-0.15, -0.1) is 0 Å². The molecule has 0 unspecified atom stereocenters. The van der Waals surface area contributed by atoms with Crippen molar-refractivity contribution in [2.24, 2.45) is 0 Å². The fraction of sp³-hybridized carbons (Fsp3) is 0.348. The second-order valence-electron chi connectivity index (χ2n) is 8.35. The minimum atomic E-state index is 0.218. The summed E-state index contributed by atoms with van der Waals surface area (Å²) in [6.07, 6.45) is 10.2. The van der Waals surface area contributed by atoms with Crippen molar-refractivity contribution in [2.75, 3.05) is 18.4 Å². The first-order valence-electron chi connectivity index (χ1n) is 10.7. The summed E-state index contributed by atoms with van der Waals surface area (Å²) in [7, 11) is 0. The largest absolute Gasteiger partial charge is 0.366 e. The highest BCUT2D eigenvalue weighted by Gasteiger charge is 2.42. The van der Waals surface area contributed by atoms with Gasteiger partial charge in [-0.05, 0) is 56.5 Å². The Morgan fingerprint density at radius 2 is 1.90 bits per heavy atom. The highest BCUT2D eigenvalue weighted by atomic mass is 15.3. The van der Waals surface area contributed by atoms with Gasteiger partial charge in [0.25, 0.3) is 0 Å². The van der Waals surface area contributed by atoms with Crippen molar-refractivity contribution < 1.29 is 0 Å². The molecule has 0 atom stereocenters. The van der Waals surface area contributed by atoms with E-state index in [1.807, 2.05) is 39.9 Å². The molecule has 4 aromatic rings. The zero-order valence-electron chi connectivity index (χ0n) is 16.9. The van der Waals surface area contributed by atoms with Crippen molar-refractivity contribution in [1.29, 1.82) is 0 Å². The molecule has 0 saturated carbocycles. The van der Waals surface area contributed by atoms with E-state index in [9.17, 15) is 0 Å². The lowest BCUT2D eigenvalue weighted by Crippen LogP contribution is -2.39. The Labute approximate surface area is 175 Å². The van der Waals surface area contributed by atoms with Crippen LogP contribution in [0.4, 0.5) is 5.82 Å². The molecule has 7 nitrogen and oxygen atoms in total. The Morgan fingerprint density at radius 1 is 1.00 bits per heavy atom. The summed E-state index contributed by atoms with van der Waals surface area (Å²) >= 11 is 0. The number of aromatic nitrogens is 5. The van der Waals surface area contributed by atoms with E-state index in [4.69, 9.17) is 4.98 Å². The summed E-state index contributed by atoms with van der Waals surface area (Å²) in [5.74, 6) is 1.09. The zero-order valence-corrected chi connectivity index (χ0v) is 16.9. The van der Waals surface area contributed by atoms with Gasteiger partial charge in [0.15, 0.2) is 5.65 Å². The quantitative estimate of drug-likeness (QED) is 0.552. The Bertz CT molecular complexity index is 1190. The van der Waals surface area contributed by atoms with Crippen molar-refractivity contribution in [2.45, 2.75) is 37.6 Å². The second-order valence-corrected chi connectivity index (χ2v) is 8.35. The second kappa shape index (κ2) is 6.95. The minimum Gasteiger partial charge on any atom is -0.366 e. The van der Waals surface area contributed by atoms with Gasteiger partial charge in [0.1, 0.15) is 5.82 Å². The molecule has 2 N–H and O–H groups in total. The molecule has 1 aliphatic carbocycles. The highest BCUT2D eigenvalue weighted by molar-refractivity contribution is 5.59. The lowest BCUT2D eigenvalue weighted by atomic mass is 9.77. The smallest absolute Gasteiger partial charge is 0.157 e. The number of hydrogen-bond donors (Lipinski definition) is 2. The van der Waals surface area contributed by atoms with Gasteiger partial charge in [0.05, 0.1) is 17.6 Å². The maximum Gasteiger partial charge on any atom is 0.157 e. The number of para-hydroxylation sites is 1. The van der Waals surface area contributed by atoms with Crippen molar-refractivity contribution >= 4 is 11.5 Å². The average Bonchev–Trinajstić information content (AvgIpc) is 3.54. The van der Waals surface area contributed by atoms with Crippen LogP contribution in [-0.2, 0) is 18.4 Å². The molecule has 30 heavy (non-hydrogen) atoms. The van der Waals surface area contributed by atoms with E-state index in [1.165, 1.54) is 36.1 Å². The fourth-order valence-corrected chi connectivity index (χ4v) is 5.18. The van der Waals surface area contributed by atoms with E-state index in [2.05, 4.69) is 45.1 Å². The molecule has 1 aromatic carbocycles. The molecule has 1 spiro atoms. The number of anilines is 1. The van der Waals surface area contributed by atoms with Gasteiger partial charge in [0.2, 0.25) is 0 Å². The first-order valence-corrected chi connectivity index (χ1v) is 10.7. The van der Waals surface area contributed by atoms with Gasteiger partial charge in [-0.1, -0.05) is 18.2 Å². The third-order valence-corrected chi connectivity index (χ3v) is 6.74. The van der Waals surface area contributed by atoms with Crippen LogP contribution in [0.5, 0.6) is 0 Å². The van der Waals surface area contributed by atoms with Gasteiger partial charge in [-0.3, -0.25) is 0 Å². The summed E-state index contributed by atoms with van der Waals surface area (Å²) in [5.41, 5.74) is 6.06. The van der Waals surface area contributed by atoms with Gasteiger partial charge in [-0.2, -0.15) is 14.7 Å². The van der Waals surface area contributed by atoms with Crippen LogP contribution in [-0.4, -0.2) is 37.5 Å². The summed E-state index contributed by atoms with van der Waals surface area (Å²) in [5, 5.41) is 16.2. The Kier molecular flexibility index (Phi) is 4.09. The van der Waals surface area contributed by atoms with Gasteiger partial charge in [0, 0.05) is 36.0 Å². The maximum atomic E-state index is 5.09. The van der Waals surface area contributed by atoms with Crippen molar-refractivity contribution in [1.82, 2.24) is 29.7 Å². The zero-order chi connectivity index (χ0) is 20.0. The topological polar surface area (TPSA) is 72.1 Å². The van der Waals surface area contributed by atoms with Crippen molar-refractivity contribution in [3.05, 3.63) is 71.8 Å². The molecule has 6 rings (SSSR count). The van der Waals surface area contributed by atoms with E-state index in [-0.39, 0.29) is 5.41 Å². The lowest BCUT2D eigenvalue weighted by Gasteiger charge is -2.34. The van der Waals surface area contributed by atoms with E-state index in [0.717, 1.165) is 36.7 Å².